The molecule has 1 atom stereocenters. The molecule has 0 aromatic heterocycles. The molecule has 3 aromatic rings. The summed E-state index contributed by atoms with van der Waals surface area (Å²) in [6, 6.07) is 25.2. The minimum atomic E-state index is -3.59. The van der Waals surface area contributed by atoms with E-state index in [4.69, 9.17) is 4.74 Å². The molecule has 2 amide bonds. The predicted molar refractivity (Wildman–Crippen MR) is 143 cm³/mol. The number of hydrogen-bond acceptors (Lipinski definition) is 5. The van der Waals surface area contributed by atoms with Crippen LogP contribution in [0.2, 0.25) is 0 Å². The van der Waals surface area contributed by atoms with Crippen molar-refractivity contribution in [1.29, 1.82) is 0 Å². The Kier molecular flexibility index (Phi) is 9.82. The first-order valence-corrected chi connectivity index (χ1v) is 13.7. The number of carbonyl (C=O) groups excluding carboxylic acids is 2. The van der Waals surface area contributed by atoms with Crippen LogP contribution in [0, 0.1) is 0 Å². The number of benzene rings is 3. The zero-order valence-corrected chi connectivity index (χ0v) is 22.1. The fraction of sp³-hybridized carbons (Fsp3) is 0.286. The maximum absolute atomic E-state index is 13.7. The van der Waals surface area contributed by atoms with Gasteiger partial charge in [-0.2, -0.15) is 4.31 Å². The number of para-hydroxylation sites is 1. The molecule has 0 saturated heterocycles. The fourth-order valence-corrected chi connectivity index (χ4v) is 4.23. The van der Waals surface area contributed by atoms with Gasteiger partial charge in [0.15, 0.2) is 0 Å². The second-order valence-electron chi connectivity index (χ2n) is 8.76. The first-order chi connectivity index (χ1) is 17.7. The number of carbonyl (C=O) groups is 2. The molecule has 0 aliphatic rings. The van der Waals surface area contributed by atoms with Crippen LogP contribution in [-0.2, 0) is 39.1 Å². The maximum Gasteiger partial charge on any atom is 0.243 e. The summed E-state index contributed by atoms with van der Waals surface area (Å²) in [5.41, 5.74) is 2.50. The summed E-state index contributed by atoms with van der Waals surface area (Å²) in [6.45, 7) is -0.0155. The number of ether oxygens (including phenoxy) is 1. The number of likely N-dealkylation sites (N-methyl/N-ethyl adjacent to an activating group) is 1. The quantitative estimate of drug-likeness (QED) is 0.394. The standard InChI is InChI=1S/C28H33N3O5S/c1-30(37(3,34)35)21-27(32)31(20-23-14-8-5-9-15-23)25(18-22-12-6-4-7-13-22)28(33)29-19-24-16-10-11-17-26(24)36-2/h4-17,25H,18-21H2,1-3H3,(H,29,33). The van der Waals surface area contributed by atoms with Crippen molar-refractivity contribution in [3.05, 3.63) is 102 Å². The number of hydrogen-bond donors (Lipinski definition) is 1. The smallest absolute Gasteiger partial charge is 0.243 e. The van der Waals surface area contributed by atoms with E-state index in [0.29, 0.717) is 5.75 Å². The maximum atomic E-state index is 13.7. The third-order valence-electron chi connectivity index (χ3n) is 6.04. The van der Waals surface area contributed by atoms with E-state index < -0.39 is 22.0 Å². The molecule has 196 valence electrons. The highest BCUT2D eigenvalue weighted by molar-refractivity contribution is 7.88. The van der Waals surface area contributed by atoms with E-state index >= 15 is 0 Å². The lowest BCUT2D eigenvalue weighted by Gasteiger charge is -2.32. The molecule has 8 nitrogen and oxygen atoms in total. The monoisotopic (exact) mass is 523 g/mol. The Morgan fingerprint density at radius 1 is 0.892 bits per heavy atom. The van der Waals surface area contributed by atoms with E-state index in [1.54, 1.807) is 7.11 Å². The molecule has 37 heavy (non-hydrogen) atoms. The summed E-state index contributed by atoms with van der Waals surface area (Å²) in [5, 5.41) is 2.95. The van der Waals surface area contributed by atoms with E-state index in [1.165, 1.54) is 11.9 Å². The van der Waals surface area contributed by atoms with Gasteiger partial charge in [-0.3, -0.25) is 9.59 Å². The van der Waals surface area contributed by atoms with Crippen LogP contribution in [0.3, 0.4) is 0 Å². The molecular weight excluding hydrogens is 490 g/mol. The molecule has 1 N–H and O–H groups in total. The van der Waals surface area contributed by atoms with Crippen LogP contribution < -0.4 is 10.1 Å². The lowest BCUT2D eigenvalue weighted by atomic mass is 10.0. The van der Waals surface area contributed by atoms with Crippen molar-refractivity contribution >= 4 is 21.8 Å². The normalized spacial score (nSPS) is 12.1. The molecular formula is C28H33N3O5S. The second kappa shape index (κ2) is 13.0. The Balaban J connectivity index is 1.94. The average Bonchev–Trinajstić information content (AvgIpc) is 2.90. The zero-order valence-electron chi connectivity index (χ0n) is 21.3. The Hall–Kier alpha value is -3.69. The van der Waals surface area contributed by atoms with Crippen molar-refractivity contribution in [1.82, 2.24) is 14.5 Å². The average molecular weight is 524 g/mol. The number of nitrogens with zero attached hydrogens (tertiary/aromatic N) is 2. The lowest BCUT2D eigenvalue weighted by molar-refractivity contribution is -0.141. The number of amides is 2. The molecule has 0 saturated carbocycles. The first kappa shape index (κ1) is 27.9. The number of rotatable bonds is 12. The van der Waals surface area contributed by atoms with Crippen molar-refractivity contribution in [2.24, 2.45) is 0 Å². The highest BCUT2D eigenvalue weighted by Crippen LogP contribution is 2.19. The molecule has 3 aromatic carbocycles. The summed E-state index contributed by atoms with van der Waals surface area (Å²) >= 11 is 0. The van der Waals surface area contributed by atoms with Crippen molar-refractivity contribution in [3.63, 3.8) is 0 Å². The lowest BCUT2D eigenvalue weighted by Crippen LogP contribution is -2.52. The summed E-state index contributed by atoms with van der Waals surface area (Å²) in [5.74, 6) is -0.166. The summed E-state index contributed by atoms with van der Waals surface area (Å²) in [7, 11) is -0.676. The number of methoxy groups -OCH3 is 1. The van der Waals surface area contributed by atoms with Gasteiger partial charge in [-0.05, 0) is 17.2 Å². The second-order valence-corrected chi connectivity index (χ2v) is 10.9. The van der Waals surface area contributed by atoms with Crippen LogP contribution >= 0.6 is 0 Å². The fourth-order valence-electron chi connectivity index (χ4n) is 3.88. The van der Waals surface area contributed by atoms with Crippen LogP contribution in [0.4, 0.5) is 0 Å². The van der Waals surface area contributed by atoms with Crippen LogP contribution in [-0.4, -0.2) is 62.4 Å². The topological polar surface area (TPSA) is 96.0 Å². The number of nitrogens with one attached hydrogen (secondary N) is 1. The minimum Gasteiger partial charge on any atom is -0.496 e. The minimum absolute atomic E-state index is 0.150. The van der Waals surface area contributed by atoms with Crippen molar-refractivity contribution in [3.8, 4) is 5.75 Å². The molecule has 0 radical (unpaired) electrons. The Morgan fingerprint density at radius 2 is 1.46 bits per heavy atom. The van der Waals surface area contributed by atoms with E-state index in [0.717, 1.165) is 27.3 Å². The van der Waals surface area contributed by atoms with Gasteiger partial charge in [-0.1, -0.05) is 78.9 Å². The zero-order chi connectivity index (χ0) is 26.8. The molecule has 0 bridgehead atoms. The summed E-state index contributed by atoms with van der Waals surface area (Å²) < 4.78 is 30.4. The summed E-state index contributed by atoms with van der Waals surface area (Å²) in [6.07, 6.45) is 1.31. The highest BCUT2D eigenvalue weighted by atomic mass is 32.2. The molecule has 0 fully saturated rings. The van der Waals surface area contributed by atoms with Crippen molar-refractivity contribution in [2.45, 2.75) is 25.6 Å². The molecule has 0 heterocycles. The van der Waals surface area contributed by atoms with Gasteiger partial charge in [0.05, 0.1) is 19.9 Å². The number of sulfonamides is 1. The molecule has 1 unspecified atom stereocenters. The molecule has 9 heteroatoms. The van der Waals surface area contributed by atoms with Gasteiger partial charge in [-0.25, -0.2) is 8.42 Å². The van der Waals surface area contributed by atoms with Gasteiger partial charge in [0.1, 0.15) is 11.8 Å². The van der Waals surface area contributed by atoms with Crippen molar-refractivity contribution < 1.29 is 22.7 Å². The third-order valence-corrected chi connectivity index (χ3v) is 7.30. The Bertz CT molecular complexity index is 1280. The molecule has 0 aliphatic carbocycles. The van der Waals surface area contributed by atoms with Gasteiger partial charge in [0, 0.05) is 32.1 Å². The van der Waals surface area contributed by atoms with E-state index in [9.17, 15) is 18.0 Å². The molecule has 0 spiro atoms. The van der Waals surface area contributed by atoms with Crippen LogP contribution in [0.15, 0.2) is 84.9 Å². The molecule has 0 aliphatic heterocycles. The molecule has 3 rings (SSSR count). The largest absolute Gasteiger partial charge is 0.496 e. The van der Waals surface area contributed by atoms with E-state index in [-0.39, 0.29) is 32.0 Å². The van der Waals surface area contributed by atoms with Gasteiger partial charge in [0.25, 0.3) is 0 Å². The van der Waals surface area contributed by atoms with Gasteiger partial charge < -0.3 is 15.0 Å². The Morgan fingerprint density at radius 3 is 2.05 bits per heavy atom. The van der Waals surface area contributed by atoms with Crippen LogP contribution in [0.25, 0.3) is 0 Å². The highest BCUT2D eigenvalue weighted by Gasteiger charge is 2.32. The van der Waals surface area contributed by atoms with Crippen molar-refractivity contribution in [2.75, 3.05) is 27.0 Å². The summed E-state index contributed by atoms with van der Waals surface area (Å²) in [4.78, 5) is 28.7. The van der Waals surface area contributed by atoms with Gasteiger partial charge in [0.2, 0.25) is 21.8 Å². The first-order valence-electron chi connectivity index (χ1n) is 11.9. The van der Waals surface area contributed by atoms with Gasteiger partial charge in [-0.15, -0.1) is 0 Å². The Labute approximate surface area is 218 Å². The van der Waals surface area contributed by atoms with Crippen LogP contribution in [0.1, 0.15) is 16.7 Å². The van der Waals surface area contributed by atoms with E-state index in [2.05, 4.69) is 5.32 Å². The third kappa shape index (κ3) is 8.16. The van der Waals surface area contributed by atoms with Crippen LogP contribution in [0.5, 0.6) is 5.75 Å². The predicted octanol–water partition coefficient (Wildman–Crippen LogP) is 2.84. The van der Waals surface area contributed by atoms with E-state index in [1.807, 2.05) is 84.9 Å². The van der Waals surface area contributed by atoms with Gasteiger partial charge >= 0.3 is 0 Å². The SMILES string of the molecule is COc1ccccc1CNC(=O)C(Cc1ccccc1)N(Cc1ccccc1)C(=O)CN(C)S(C)(=O)=O.